The van der Waals surface area contributed by atoms with E-state index in [0.717, 1.165) is 5.56 Å². The summed E-state index contributed by atoms with van der Waals surface area (Å²) in [7, 11) is 0. The normalized spacial score (nSPS) is 15.0. The van der Waals surface area contributed by atoms with E-state index in [9.17, 15) is 14.4 Å². The van der Waals surface area contributed by atoms with E-state index in [1.54, 1.807) is 18.2 Å². The fourth-order valence-corrected chi connectivity index (χ4v) is 3.39. The van der Waals surface area contributed by atoms with E-state index in [1.165, 1.54) is 18.2 Å². The van der Waals surface area contributed by atoms with Crippen LogP contribution in [0.5, 0.6) is 5.75 Å². The summed E-state index contributed by atoms with van der Waals surface area (Å²) < 4.78 is 5.68. The molecule has 1 aliphatic heterocycles. The highest BCUT2D eigenvalue weighted by molar-refractivity contribution is 6.37. The third-order valence-electron chi connectivity index (χ3n) is 3.92. The maximum absolute atomic E-state index is 12.2. The van der Waals surface area contributed by atoms with E-state index in [4.69, 9.17) is 44.6 Å². The van der Waals surface area contributed by atoms with Crippen molar-refractivity contribution in [3.05, 3.63) is 68.3 Å². The van der Waals surface area contributed by atoms with Crippen molar-refractivity contribution in [3.8, 4) is 5.75 Å². The lowest BCUT2D eigenvalue weighted by atomic mass is 10.1. The largest absolute Gasteiger partial charge is 0.486 e. The zero-order chi connectivity index (χ0) is 21.1. The van der Waals surface area contributed by atoms with E-state index in [1.807, 2.05) is 6.07 Å². The number of amides is 3. The molecule has 3 amide bonds. The van der Waals surface area contributed by atoms with Crippen LogP contribution in [0, 0.1) is 0 Å². The maximum Gasteiger partial charge on any atom is 0.329 e. The van der Waals surface area contributed by atoms with Crippen LogP contribution in [0.2, 0.25) is 15.1 Å². The van der Waals surface area contributed by atoms with Gasteiger partial charge in [0, 0.05) is 10.6 Å². The van der Waals surface area contributed by atoms with E-state index in [2.05, 4.69) is 5.32 Å². The van der Waals surface area contributed by atoms with Gasteiger partial charge >= 0.3 is 12.0 Å². The third kappa shape index (κ3) is 4.82. The predicted molar refractivity (Wildman–Crippen MR) is 108 cm³/mol. The highest BCUT2D eigenvalue weighted by atomic mass is 35.5. The Labute approximate surface area is 180 Å². The summed E-state index contributed by atoms with van der Waals surface area (Å²) in [4.78, 5) is 35.3. The number of carbonyl (C=O) groups is 3. The number of urea groups is 1. The Morgan fingerprint density at radius 1 is 1.10 bits per heavy atom. The Morgan fingerprint density at radius 2 is 1.76 bits per heavy atom. The van der Waals surface area contributed by atoms with Crippen LogP contribution in [-0.4, -0.2) is 34.5 Å². The van der Waals surface area contributed by atoms with Crippen molar-refractivity contribution in [2.45, 2.75) is 6.61 Å². The lowest BCUT2D eigenvalue weighted by Crippen LogP contribution is -2.35. The molecule has 3 rings (SSSR count). The van der Waals surface area contributed by atoms with Crippen molar-refractivity contribution in [2.24, 2.45) is 0 Å². The number of rotatable bonds is 6. The minimum atomic E-state index is -1.30. The highest BCUT2D eigenvalue weighted by Crippen LogP contribution is 2.36. The molecule has 0 radical (unpaired) electrons. The molecule has 10 heteroatoms. The first-order chi connectivity index (χ1) is 13.8. The summed E-state index contributed by atoms with van der Waals surface area (Å²) in [5.74, 6) is -1.82. The van der Waals surface area contributed by atoms with E-state index in [-0.39, 0.29) is 28.1 Å². The Balaban J connectivity index is 1.80. The zero-order valence-electron chi connectivity index (χ0n) is 14.6. The van der Waals surface area contributed by atoms with Crippen molar-refractivity contribution < 1.29 is 24.2 Å². The molecule has 0 aliphatic carbocycles. The van der Waals surface area contributed by atoms with Crippen molar-refractivity contribution >= 4 is 58.8 Å². The number of hydrogen-bond donors (Lipinski definition) is 2. The van der Waals surface area contributed by atoms with Gasteiger partial charge in [-0.05, 0) is 29.8 Å². The fourth-order valence-electron chi connectivity index (χ4n) is 2.58. The van der Waals surface area contributed by atoms with Gasteiger partial charge in [-0.15, -0.1) is 0 Å². The molecular formula is C19H13Cl3N2O5. The number of imide groups is 1. The van der Waals surface area contributed by atoms with Crippen LogP contribution in [0.4, 0.5) is 4.79 Å². The molecule has 0 saturated carbocycles. The van der Waals surface area contributed by atoms with E-state index < -0.39 is 24.5 Å². The zero-order valence-corrected chi connectivity index (χ0v) is 16.9. The topological polar surface area (TPSA) is 95.9 Å². The first kappa shape index (κ1) is 21.0. The SMILES string of the molecule is O=C(O)CN1C(=O)N/C(=C/c2cc(Cl)c(OCc3ccccc3Cl)c(Cl)c2)C1=O. The summed E-state index contributed by atoms with van der Waals surface area (Å²) >= 11 is 18.6. The Hall–Kier alpha value is -2.74. The second kappa shape index (κ2) is 8.73. The van der Waals surface area contributed by atoms with Crippen LogP contribution in [0.1, 0.15) is 11.1 Å². The molecule has 1 heterocycles. The molecular weight excluding hydrogens is 443 g/mol. The summed E-state index contributed by atoms with van der Waals surface area (Å²) in [6.45, 7) is -0.587. The molecule has 0 bridgehead atoms. The molecule has 0 spiro atoms. The number of carboxylic acid groups (broad SMARTS) is 1. The van der Waals surface area contributed by atoms with Gasteiger partial charge in [0.15, 0.2) is 5.75 Å². The summed E-state index contributed by atoms with van der Waals surface area (Å²) in [5.41, 5.74) is 1.09. The molecule has 150 valence electrons. The van der Waals surface area contributed by atoms with Gasteiger partial charge in [0.1, 0.15) is 18.8 Å². The van der Waals surface area contributed by atoms with Gasteiger partial charge in [-0.2, -0.15) is 0 Å². The Kier molecular flexibility index (Phi) is 6.32. The number of nitrogens with one attached hydrogen (secondary N) is 1. The average molecular weight is 456 g/mol. The number of carbonyl (C=O) groups excluding carboxylic acids is 2. The van der Waals surface area contributed by atoms with Gasteiger partial charge < -0.3 is 15.2 Å². The molecule has 0 unspecified atom stereocenters. The number of carboxylic acids is 1. The second-order valence-electron chi connectivity index (χ2n) is 5.97. The first-order valence-corrected chi connectivity index (χ1v) is 9.31. The van der Waals surface area contributed by atoms with Crippen molar-refractivity contribution in [3.63, 3.8) is 0 Å². The number of benzene rings is 2. The number of nitrogens with zero attached hydrogens (tertiary/aromatic N) is 1. The van der Waals surface area contributed by atoms with Crippen LogP contribution in [0.15, 0.2) is 42.1 Å². The molecule has 7 nitrogen and oxygen atoms in total. The predicted octanol–water partition coefficient (Wildman–Crippen LogP) is 4.20. The number of hydrogen-bond acceptors (Lipinski definition) is 4. The van der Waals surface area contributed by atoms with Crippen molar-refractivity contribution in [2.75, 3.05) is 6.54 Å². The molecule has 0 atom stereocenters. The first-order valence-electron chi connectivity index (χ1n) is 8.18. The maximum atomic E-state index is 12.2. The summed E-state index contributed by atoms with van der Waals surface area (Å²) in [5, 5.41) is 12.0. The quantitative estimate of drug-likeness (QED) is 0.503. The molecule has 2 N–H and O–H groups in total. The van der Waals surface area contributed by atoms with Gasteiger partial charge in [0.05, 0.1) is 10.0 Å². The summed E-state index contributed by atoms with van der Waals surface area (Å²) in [6.07, 6.45) is 1.34. The van der Waals surface area contributed by atoms with Gasteiger partial charge in [0.2, 0.25) is 0 Å². The third-order valence-corrected chi connectivity index (χ3v) is 4.85. The van der Waals surface area contributed by atoms with Crippen LogP contribution >= 0.6 is 34.8 Å². The van der Waals surface area contributed by atoms with Gasteiger partial charge in [-0.3, -0.25) is 9.59 Å². The fraction of sp³-hybridized carbons (Fsp3) is 0.105. The van der Waals surface area contributed by atoms with Crippen molar-refractivity contribution in [1.29, 1.82) is 0 Å². The van der Waals surface area contributed by atoms with Gasteiger partial charge in [-0.25, -0.2) is 9.69 Å². The molecule has 2 aromatic carbocycles. The second-order valence-corrected chi connectivity index (χ2v) is 7.19. The Morgan fingerprint density at radius 3 is 2.38 bits per heavy atom. The minimum Gasteiger partial charge on any atom is -0.486 e. The Bertz CT molecular complexity index is 1020. The molecule has 1 fully saturated rings. The molecule has 29 heavy (non-hydrogen) atoms. The van der Waals surface area contributed by atoms with Crippen molar-refractivity contribution in [1.82, 2.24) is 10.2 Å². The molecule has 1 saturated heterocycles. The summed E-state index contributed by atoms with van der Waals surface area (Å²) in [6, 6.07) is 9.35. The van der Waals surface area contributed by atoms with Crippen LogP contribution in [0.25, 0.3) is 6.08 Å². The van der Waals surface area contributed by atoms with Crippen LogP contribution in [-0.2, 0) is 16.2 Å². The van der Waals surface area contributed by atoms with Crippen LogP contribution in [0.3, 0.4) is 0 Å². The molecule has 1 aliphatic rings. The van der Waals surface area contributed by atoms with Crippen LogP contribution < -0.4 is 10.1 Å². The molecule has 0 aromatic heterocycles. The van der Waals surface area contributed by atoms with Gasteiger partial charge in [0.25, 0.3) is 5.91 Å². The smallest absolute Gasteiger partial charge is 0.329 e. The van der Waals surface area contributed by atoms with E-state index >= 15 is 0 Å². The average Bonchev–Trinajstić information content (AvgIpc) is 2.89. The number of halogens is 3. The molecule has 2 aromatic rings. The van der Waals surface area contributed by atoms with E-state index in [0.29, 0.717) is 15.5 Å². The minimum absolute atomic E-state index is 0.0897. The lowest BCUT2D eigenvalue weighted by Gasteiger charge is -2.12. The highest BCUT2D eigenvalue weighted by Gasteiger charge is 2.34. The monoisotopic (exact) mass is 454 g/mol. The number of ether oxygens (including phenoxy) is 1. The van der Waals surface area contributed by atoms with Gasteiger partial charge in [-0.1, -0.05) is 53.0 Å². The number of aliphatic carboxylic acids is 1. The standard InChI is InChI=1S/C19H13Cl3N2O5/c20-12-4-2-1-3-11(12)9-29-17-13(21)5-10(6-14(17)22)7-15-18(27)24(8-16(25)26)19(28)23-15/h1-7H,8-9H2,(H,23,28)(H,25,26)/b15-7+. The lowest BCUT2D eigenvalue weighted by molar-refractivity contribution is -0.140.